The number of aryl methyl sites for hydroxylation is 1. The third kappa shape index (κ3) is 4.75. The first kappa shape index (κ1) is 23.3. The van der Waals surface area contributed by atoms with Crippen LogP contribution in [0.25, 0.3) is 0 Å². The molecule has 4 rings (SSSR count). The third-order valence-electron chi connectivity index (χ3n) is 5.15. The highest BCUT2D eigenvalue weighted by Gasteiger charge is 2.33. The Labute approximate surface area is 198 Å². The summed E-state index contributed by atoms with van der Waals surface area (Å²) in [4.78, 5) is 38.6. The summed E-state index contributed by atoms with van der Waals surface area (Å²) in [7, 11) is -3.85. The Morgan fingerprint density at radius 3 is 2.55 bits per heavy atom. The van der Waals surface area contributed by atoms with Crippen LogP contribution in [0.4, 0.5) is 10.1 Å². The number of carbonyl (C=O) groups excluding carboxylic acids is 3. The van der Waals surface area contributed by atoms with E-state index in [9.17, 15) is 27.2 Å². The van der Waals surface area contributed by atoms with Crippen molar-refractivity contribution < 1.29 is 27.2 Å². The van der Waals surface area contributed by atoms with Gasteiger partial charge in [0.2, 0.25) is 5.91 Å². The van der Waals surface area contributed by atoms with Crippen molar-refractivity contribution in [2.45, 2.75) is 24.0 Å². The lowest BCUT2D eigenvalue weighted by molar-refractivity contribution is -0.118. The number of amides is 2. The van der Waals surface area contributed by atoms with Gasteiger partial charge in [-0.05, 0) is 48.4 Å². The molecule has 0 radical (unpaired) electrons. The van der Waals surface area contributed by atoms with Gasteiger partial charge in [0.05, 0.1) is 16.4 Å². The molecule has 0 bridgehead atoms. The zero-order valence-electron chi connectivity index (χ0n) is 17.3. The second kappa shape index (κ2) is 8.81. The average Bonchev–Trinajstić information content (AvgIpc) is 3.17. The Morgan fingerprint density at radius 2 is 1.88 bits per heavy atom. The number of fused-ring (bicyclic) bond motifs is 1. The molecule has 0 spiro atoms. The molecule has 2 aromatic carbocycles. The minimum absolute atomic E-state index is 0.0139. The molecule has 0 saturated heterocycles. The molecule has 0 unspecified atom stereocenters. The van der Waals surface area contributed by atoms with Crippen molar-refractivity contribution in [3.63, 3.8) is 0 Å². The van der Waals surface area contributed by atoms with Crippen LogP contribution in [0.15, 0.2) is 52.7 Å². The largest absolute Gasteiger partial charge is 0.298 e. The highest BCUT2D eigenvalue weighted by molar-refractivity contribution is 7.94. The van der Waals surface area contributed by atoms with Gasteiger partial charge in [0.1, 0.15) is 15.8 Å². The minimum atomic E-state index is -3.85. The molecule has 1 aromatic heterocycles. The second-order valence-electron chi connectivity index (χ2n) is 7.69. The normalized spacial score (nSPS) is 13.8. The van der Waals surface area contributed by atoms with Crippen molar-refractivity contribution in [3.8, 4) is 0 Å². The van der Waals surface area contributed by atoms with Crippen LogP contribution in [0, 0.1) is 12.7 Å². The molecular weight excluding hydrogens is 489 g/mol. The first-order valence-corrected chi connectivity index (χ1v) is 12.6. The maximum Gasteiger partial charge on any atom is 0.265 e. The number of anilines is 1. The van der Waals surface area contributed by atoms with Crippen molar-refractivity contribution in [2.24, 2.45) is 0 Å². The Bertz CT molecular complexity index is 1410. The quantitative estimate of drug-likeness (QED) is 0.469. The van der Waals surface area contributed by atoms with E-state index >= 15 is 0 Å². The summed E-state index contributed by atoms with van der Waals surface area (Å²) in [5.74, 6) is -3.40. The number of rotatable bonds is 6. The van der Waals surface area contributed by atoms with Gasteiger partial charge in [0.25, 0.3) is 5.91 Å². The van der Waals surface area contributed by atoms with Crippen LogP contribution in [0.3, 0.4) is 0 Å². The molecule has 2 amide bonds. The maximum absolute atomic E-state index is 14.9. The van der Waals surface area contributed by atoms with Crippen LogP contribution >= 0.6 is 22.9 Å². The number of halogens is 2. The topological polar surface area (TPSA) is 88.6 Å². The standard InChI is InChI=1S/C23H17ClFNO5S2/c1-13-2-4-15-11-21(28)26(23(29)17(15)8-13)19-5-3-14(10-18(19)25)9-16(27)12-33(30,31)22-7-6-20(24)32-22/h2-8,10H,9,11-12H2,1H3. The fourth-order valence-corrected chi connectivity index (χ4v) is 6.44. The molecule has 3 aromatic rings. The number of nitrogens with zero attached hydrogens (tertiary/aromatic N) is 1. The lowest BCUT2D eigenvalue weighted by Crippen LogP contribution is -2.43. The molecule has 0 aliphatic carbocycles. The molecule has 1 aliphatic heterocycles. The molecule has 1 aliphatic rings. The molecule has 170 valence electrons. The summed E-state index contributed by atoms with van der Waals surface area (Å²) in [5.41, 5.74) is 1.78. The first-order valence-electron chi connectivity index (χ1n) is 9.80. The second-order valence-corrected chi connectivity index (χ2v) is 11.6. The molecule has 0 N–H and O–H groups in total. The first-order chi connectivity index (χ1) is 15.5. The molecular formula is C23H17ClFNO5S2. The molecule has 33 heavy (non-hydrogen) atoms. The summed E-state index contributed by atoms with van der Waals surface area (Å²) >= 11 is 6.62. The summed E-state index contributed by atoms with van der Waals surface area (Å²) in [6.45, 7) is 1.81. The van der Waals surface area contributed by atoms with E-state index in [2.05, 4.69) is 0 Å². The van der Waals surface area contributed by atoms with Crippen molar-refractivity contribution in [2.75, 3.05) is 10.7 Å². The lowest BCUT2D eigenvalue weighted by atomic mass is 9.96. The summed E-state index contributed by atoms with van der Waals surface area (Å²) in [5, 5.41) is 0. The monoisotopic (exact) mass is 505 g/mol. The fraction of sp³-hybridized carbons (Fsp3) is 0.174. The van der Waals surface area contributed by atoms with E-state index in [0.29, 0.717) is 15.5 Å². The molecule has 0 fully saturated rings. The zero-order valence-corrected chi connectivity index (χ0v) is 19.7. The zero-order chi connectivity index (χ0) is 23.9. The Hall–Kier alpha value is -2.88. The number of hydrogen-bond donors (Lipinski definition) is 0. The van der Waals surface area contributed by atoms with Gasteiger partial charge >= 0.3 is 0 Å². The van der Waals surface area contributed by atoms with Gasteiger partial charge < -0.3 is 0 Å². The lowest BCUT2D eigenvalue weighted by Gasteiger charge is -2.27. The van der Waals surface area contributed by atoms with E-state index in [1.807, 2.05) is 6.92 Å². The Balaban J connectivity index is 1.53. The van der Waals surface area contributed by atoms with Gasteiger partial charge in [-0.3, -0.25) is 14.4 Å². The highest BCUT2D eigenvalue weighted by Crippen LogP contribution is 2.29. The highest BCUT2D eigenvalue weighted by atomic mass is 35.5. The number of ketones is 1. The van der Waals surface area contributed by atoms with Gasteiger partial charge in [0, 0.05) is 12.0 Å². The van der Waals surface area contributed by atoms with Crippen molar-refractivity contribution >= 4 is 56.1 Å². The Morgan fingerprint density at radius 1 is 1.12 bits per heavy atom. The van der Waals surface area contributed by atoms with Gasteiger partial charge in [-0.2, -0.15) is 0 Å². The van der Waals surface area contributed by atoms with Gasteiger partial charge in [-0.15, -0.1) is 11.3 Å². The van der Waals surface area contributed by atoms with Crippen molar-refractivity contribution in [3.05, 3.63) is 80.9 Å². The average molecular weight is 506 g/mol. The summed E-state index contributed by atoms with van der Waals surface area (Å²) in [6.07, 6.45) is -0.356. The molecule has 0 saturated carbocycles. The molecule has 0 atom stereocenters. The maximum atomic E-state index is 14.9. The number of carbonyl (C=O) groups is 3. The molecule has 2 heterocycles. The van der Waals surface area contributed by atoms with Gasteiger partial charge in [-0.25, -0.2) is 17.7 Å². The number of Topliss-reactive ketones (excluding diaryl/α,β-unsaturated/α-hetero) is 1. The van der Waals surface area contributed by atoms with Crippen LogP contribution in [0.2, 0.25) is 4.34 Å². The number of hydrogen-bond acceptors (Lipinski definition) is 6. The van der Waals surface area contributed by atoms with E-state index in [4.69, 9.17) is 11.6 Å². The Kier molecular flexibility index (Phi) is 6.22. The third-order valence-corrected chi connectivity index (χ3v) is 8.64. The van der Waals surface area contributed by atoms with Crippen LogP contribution < -0.4 is 4.90 Å². The van der Waals surface area contributed by atoms with Gasteiger partial charge in [0.15, 0.2) is 15.6 Å². The number of sulfone groups is 1. The predicted octanol–water partition coefficient (Wildman–Crippen LogP) is 4.16. The summed E-state index contributed by atoms with van der Waals surface area (Å²) < 4.78 is 39.9. The SMILES string of the molecule is Cc1ccc2c(c1)C(=O)N(c1ccc(CC(=O)CS(=O)(=O)c3ccc(Cl)s3)cc1F)C(=O)C2. The fourth-order valence-electron chi connectivity index (χ4n) is 3.63. The van der Waals surface area contributed by atoms with Gasteiger partial charge in [-0.1, -0.05) is 35.4 Å². The van der Waals surface area contributed by atoms with Crippen molar-refractivity contribution in [1.82, 2.24) is 0 Å². The van der Waals surface area contributed by atoms with E-state index in [-0.39, 0.29) is 28.3 Å². The van der Waals surface area contributed by atoms with E-state index in [1.54, 1.807) is 18.2 Å². The van der Waals surface area contributed by atoms with Crippen molar-refractivity contribution in [1.29, 1.82) is 0 Å². The number of thiophene rings is 1. The number of imide groups is 1. The minimum Gasteiger partial charge on any atom is -0.298 e. The summed E-state index contributed by atoms with van der Waals surface area (Å²) in [6, 6.07) is 11.6. The van der Waals surface area contributed by atoms with Crippen LogP contribution in [-0.2, 0) is 32.3 Å². The molecule has 6 nitrogen and oxygen atoms in total. The van der Waals surface area contributed by atoms with Crippen LogP contribution in [0.5, 0.6) is 0 Å². The molecule has 10 heteroatoms. The number of benzene rings is 2. The van der Waals surface area contributed by atoms with E-state index in [1.165, 1.54) is 24.3 Å². The van der Waals surface area contributed by atoms with E-state index < -0.39 is 39.0 Å². The van der Waals surface area contributed by atoms with Crippen LogP contribution in [-0.4, -0.2) is 31.8 Å². The van der Waals surface area contributed by atoms with E-state index in [0.717, 1.165) is 27.9 Å². The predicted molar refractivity (Wildman–Crippen MR) is 123 cm³/mol. The van der Waals surface area contributed by atoms with Crippen LogP contribution in [0.1, 0.15) is 27.0 Å². The smallest absolute Gasteiger partial charge is 0.265 e.